The minimum Gasteiger partial charge on any atom is -0.374 e. The van der Waals surface area contributed by atoms with Gasteiger partial charge in [0.05, 0.1) is 10.6 Å². The Labute approximate surface area is 126 Å². The van der Waals surface area contributed by atoms with Gasteiger partial charge in [0.2, 0.25) is 0 Å². The zero-order valence-corrected chi connectivity index (χ0v) is 13.6. The zero-order valence-electron chi connectivity index (χ0n) is 10.7. The Morgan fingerprint density at radius 3 is 2.72 bits per heavy atom. The maximum absolute atomic E-state index is 11.9. The van der Waals surface area contributed by atoms with Crippen LogP contribution in [0.2, 0.25) is 5.02 Å². The van der Waals surface area contributed by atoms with E-state index in [0.717, 1.165) is 3.57 Å². The van der Waals surface area contributed by atoms with Crippen LogP contribution in [-0.2, 0) is 4.74 Å². The van der Waals surface area contributed by atoms with E-state index in [1.54, 1.807) is 12.1 Å². The Kier molecular flexibility index (Phi) is 5.88. The highest BCUT2D eigenvalue weighted by Gasteiger charge is 2.19. The summed E-state index contributed by atoms with van der Waals surface area (Å²) in [6.07, 6.45) is 0. The van der Waals surface area contributed by atoms with Crippen molar-refractivity contribution in [3.8, 4) is 0 Å². The van der Waals surface area contributed by atoms with E-state index in [1.165, 1.54) is 0 Å². The molecular weight excluding hydrogens is 365 g/mol. The van der Waals surface area contributed by atoms with E-state index in [9.17, 15) is 4.79 Å². The van der Waals surface area contributed by atoms with Gasteiger partial charge in [-0.3, -0.25) is 4.79 Å². The largest absolute Gasteiger partial charge is 0.374 e. The van der Waals surface area contributed by atoms with Crippen LogP contribution in [0, 0.1) is 3.57 Å². The standard InChI is InChI=1S/C13H17ClINO2/c1-4-18-13(2,3)8-16-12(17)9-5-6-11(15)10(14)7-9/h5-7H,4,8H2,1-3H3,(H,16,17). The molecule has 0 heterocycles. The summed E-state index contributed by atoms with van der Waals surface area (Å²) in [6, 6.07) is 5.26. The van der Waals surface area contributed by atoms with Crippen molar-refractivity contribution in [1.29, 1.82) is 0 Å². The van der Waals surface area contributed by atoms with Gasteiger partial charge in [0, 0.05) is 22.3 Å². The molecule has 1 N–H and O–H groups in total. The van der Waals surface area contributed by atoms with Gasteiger partial charge in [0.15, 0.2) is 0 Å². The summed E-state index contributed by atoms with van der Waals surface area (Å²) in [5.74, 6) is -0.138. The van der Waals surface area contributed by atoms with Gasteiger partial charge >= 0.3 is 0 Å². The highest BCUT2D eigenvalue weighted by Crippen LogP contribution is 2.19. The zero-order chi connectivity index (χ0) is 13.8. The first-order valence-corrected chi connectivity index (χ1v) is 7.18. The van der Waals surface area contributed by atoms with Gasteiger partial charge in [0.25, 0.3) is 5.91 Å². The molecule has 18 heavy (non-hydrogen) atoms. The molecule has 0 aliphatic carbocycles. The molecule has 3 nitrogen and oxygen atoms in total. The quantitative estimate of drug-likeness (QED) is 0.793. The molecule has 1 aromatic rings. The first kappa shape index (κ1) is 15.7. The van der Waals surface area contributed by atoms with Gasteiger partial charge in [-0.2, -0.15) is 0 Å². The van der Waals surface area contributed by atoms with Crippen molar-refractivity contribution in [2.45, 2.75) is 26.4 Å². The number of nitrogens with one attached hydrogen (secondary N) is 1. The second-order valence-corrected chi connectivity index (χ2v) is 6.07. The summed E-state index contributed by atoms with van der Waals surface area (Å²) < 4.78 is 6.45. The number of hydrogen-bond acceptors (Lipinski definition) is 2. The minimum absolute atomic E-state index is 0.138. The molecule has 0 bridgehead atoms. The fraction of sp³-hybridized carbons (Fsp3) is 0.462. The van der Waals surface area contributed by atoms with E-state index in [1.807, 2.05) is 26.8 Å². The number of amides is 1. The predicted molar refractivity (Wildman–Crippen MR) is 82.2 cm³/mol. The molecule has 5 heteroatoms. The molecular formula is C13H17ClINO2. The highest BCUT2D eigenvalue weighted by molar-refractivity contribution is 14.1. The lowest BCUT2D eigenvalue weighted by Gasteiger charge is -2.24. The van der Waals surface area contributed by atoms with Crippen molar-refractivity contribution in [3.05, 3.63) is 32.4 Å². The molecule has 100 valence electrons. The van der Waals surface area contributed by atoms with Crippen molar-refractivity contribution in [2.24, 2.45) is 0 Å². The monoisotopic (exact) mass is 381 g/mol. The SMILES string of the molecule is CCOC(C)(C)CNC(=O)c1ccc(I)c(Cl)c1. The Morgan fingerprint density at radius 1 is 1.50 bits per heavy atom. The molecule has 0 aromatic heterocycles. The van der Waals surface area contributed by atoms with E-state index in [2.05, 4.69) is 27.9 Å². The van der Waals surface area contributed by atoms with Crippen LogP contribution in [-0.4, -0.2) is 24.7 Å². The fourth-order valence-corrected chi connectivity index (χ4v) is 1.99. The lowest BCUT2D eigenvalue weighted by Crippen LogP contribution is -2.40. The van der Waals surface area contributed by atoms with Gasteiger partial charge in [-0.1, -0.05) is 11.6 Å². The number of rotatable bonds is 5. The average molecular weight is 382 g/mol. The van der Waals surface area contributed by atoms with Gasteiger partial charge in [-0.15, -0.1) is 0 Å². The second-order valence-electron chi connectivity index (χ2n) is 4.50. The van der Waals surface area contributed by atoms with E-state index in [0.29, 0.717) is 23.7 Å². The van der Waals surface area contributed by atoms with Crippen molar-refractivity contribution < 1.29 is 9.53 Å². The summed E-state index contributed by atoms with van der Waals surface area (Å²) in [5.41, 5.74) is 0.199. The number of carbonyl (C=O) groups excluding carboxylic acids is 1. The van der Waals surface area contributed by atoms with Gasteiger partial charge in [-0.05, 0) is 61.6 Å². The van der Waals surface area contributed by atoms with Crippen LogP contribution in [0.3, 0.4) is 0 Å². The third-order valence-corrected chi connectivity index (χ3v) is 3.96. The maximum Gasteiger partial charge on any atom is 0.251 e. The van der Waals surface area contributed by atoms with Crippen LogP contribution in [0.1, 0.15) is 31.1 Å². The number of benzene rings is 1. The average Bonchev–Trinajstić information content (AvgIpc) is 2.30. The third kappa shape index (κ3) is 4.74. The van der Waals surface area contributed by atoms with Crippen LogP contribution in [0.15, 0.2) is 18.2 Å². The summed E-state index contributed by atoms with van der Waals surface area (Å²) >= 11 is 8.11. The lowest BCUT2D eigenvalue weighted by atomic mass is 10.1. The minimum atomic E-state index is -0.364. The van der Waals surface area contributed by atoms with Crippen molar-refractivity contribution in [3.63, 3.8) is 0 Å². The molecule has 0 atom stereocenters. The first-order valence-electron chi connectivity index (χ1n) is 5.73. The lowest BCUT2D eigenvalue weighted by molar-refractivity contribution is -0.00815. The molecule has 0 saturated heterocycles. The fourth-order valence-electron chi connectivity index (χ4n) is 1.47. The van der Waals surface area contributed by atoms with E-state index in [4.69, 9.17) is 16.3 Å². The van der Waals surface area contributed by atoms with E-state index < -0.39 is 0 Å². The number of halogens is 2. The Balaban J connectivity index is 2.63. The normalized spacial score (nSPS) is 11.4. The van der Waals surface area contributed by atoms with Gasteiger partial charge in [0.1, 0.15) is 0 Å². The summed E-state index contributed by atoms with van der Waals surface area (Å²) in [4.78, 5) is 11.9. The molecule has 1 rings (SSSR count). The second kappa shape index (κ2) is 6.73. The van der Waals surface area contributed by atoms with Gasteiger partial charge in [-0.25, -0.2) is 0 Å². The smallest absolute Gasteiger partial charge is 0.251 e. The third-order valence-electron chi connectivity index (χ3n) is 2.39. The molecule has 0 aliphatic heterocycles. The number of ether oxygens (including phenoxy) is 1. The van der Waals surface area contributed by atoms with Crippen molar-refractivity contribution in [2.75, 3.05) is 13.2 Å². The molecule has 0 aliphatic rings. The number of carbonyl (C=O) groups is 1. The van der Waals surface area contributed by atoms with Gasteiger partial charge < -0.3 is 10.1 Å². The molecule has 1 amide bonds. The Hall–Kier alpha value is -0.330. The van der Waals surface area contributed by atoms with Crippen LogP contribution in [0.25, 0.3) is 0 Å². The topological polar surface area (TPSA) is 38.3 Å². The van der Waals surface area contributed by atoms with Crippen LogP contribution in [0.4, 0.5) is 0 Å². The van der Waals surface area contributed by atoms with Crippen LogP contribution in [0.5, 0.6) is 0 Å². The predicted octanol–water partition coefficient (Wildman–Crippen LogP) is 3.49. The molecule has 0 radical (unpaired) electrons. The Bertz CT molecular complexity index is 435. The maximum atomic E-state index is 11.9. The van der Waals surface area contributed by atoms with Crippen LogP contribution < -0.4 is 5.32 Å². The molecule has 0 spiro atoms. The van der Waals surface area contributed by atoms with Crippen molar-refractivity contribution in [1.82, 2.24) is 5.32 Å². The summed E-state index contributed by atoms with van der Waals surface area (Å²) in [5, 5.41) is 3.44. The first-order chi connectivity index (χ1) is 8.35. The molecule has 0 saturated carbocycles. The van der Waals surface area contributed by atoms with E-state index >= 15 is 0 Å². The summed E-state index contributed by atoms with van der Waals surface area (Å²) in [6.45, 7) is 6.90. The van der Waals surface area contributed by atoms with Crippen LogP contribution >= 0.6 is 34.2 Å². The van der Waals surface area contributed by atoms with Crippen molar-refractivity contribution >= 4 is 40.1 Å². The molecule has 1 aromatic carbocycles. The van der Waals surface area contributed by atoms with E-state index in [-0.39, 0.29) is 11.5 Å². The highest BCUT2D eigenvalue weighted by atomic mass is 127. The summed E-state index contributed by atoms with van der Waals surface area (Å²) in [7, 11) is 0. The Morgan fingerprint density at radius 2 is 2.17 bits per heavy atom. The molecule has 0 unspecified atom stereocenters. The number of hydrogen-bond donors (Lipinski definition) is 1. The molecule has 0 fully saturated rings.